The number of carbonyl (C=O) groups excluding carboxylic acids is 2. The molecular formula is C30H24N2O3. The summed E-state index contributed by atoms with van der Waals surface area (Å²) in [6.45, 7) is 0. The molecule has 1 aliphatic carbocycles. The summed E-state index contributed by atoms with van der Waals surface area (Å²) in [6.07, 6.45) is 2.32. The van der Waals surface area contributed by atoms with Crippen molar-refractivity contribution in [3.05, 3.63) is 138 Å². The van der Waals surface area contributed by atoms with Crippen LogP contribution in [-0.2, 0) is 10.2 Å². The van der Waals surface area contributed by atoms with Gasteiger partial charge in [0.15, 0.2) is 0 Å². The third-order valence-corrected chi connectivity index (χ3v) is 6.34. The highest BCUT2D eigenvalue weighted by Gasteiger charge is 2.60. The number of hydrazone groups is 1. The van der Waals surface area contributed by atoms with E-state index < -0.39 is 5.97 Å². The molecule has 5 nitrogen and oxygen atoms in total. The van der Waals surface area contributed by atoms with Crippen LogP contribution in [0.2, 0.25) is 0 Å². The van der Waals surface area contributed by atoms with Crippen LogP contribution >= 0.6 is 0 Å². The molecule has 4 aromatic carbocycles. The largest absolute Gasteiger partial charge is 0.423 e. The van der Waals surface area contributed by atoms with Crippen molar-refractivity contribution in [2.24, 2.45) is 11.0 Å². The maximum atomic E-state index is 13.0. The van der Waals surface area contributed by atoms with E-state index in [0.29, 0.717) is 11.3 Å². The molecule has 5 heteroatoms. The Morgan fingerprint density at radius 3 is 1.89 bits per heavy atom. The molecule has 172 valence electrons. The van der Waals surface area contributed by atoms with Gasteiger partial charge in [-0.2, -0.15) is 5.10 Å². The number of nitrogens with one attached hydrogen (secondary N) is 1. The van der Waals surface area contributed by atoms with Gasteiger partial charge in [0.05, 0.1) is 17.7 Å². The number of benzene rings is 4. The fourth-order valence-electron chi connectivity index (χ4n) is 4.47. The topological polar surface area (TPSA) is 67.8 Å². The van der Waals surface area contributed by atoms with Gasteiger partial charge in [0.2, 0.25) is 5.91 Å². The van der Waals surface area contributed by atoms with Crippen molar-refractivity contribution in [2.45, 2.75) is 11.8 Å². The Morgan fingerprint density at radius 1 is 0.771 bits per heavy atom. The average Bonchev–Trinajstić information content (AvgIpc) is 3.68. The van der Waals surface area contributed by atoms with Crippen LogP contribution < -0.4 is 10.2 Å². The second-order valence-corrected chi connectivity index (χ2v) is 8.52. The van der Waals surface area contributed by atoms with E-state index in [1.54, 1.807) is 54.7 Å². The van der Waals surface area contributed by atoms with Gasteiger partial charge in [-0.3, -0.25) is 4.79 Å². The van der Waals surface area contributed by atoms with Crippen molar-refractivity contribution in [3.8, 4) is 5.75 Å². The molecule has 0 aliphatic heterocycles. The van der Waals surface area contributed by atoms with E-state index in [0.717, 1.165) is 23.1 Å². The zero-order valence-corrected chi connectivity index (χ0v) is 19.0. The monoisotopic (exact) mass is 460 g/mol. The Bertz CT molecular complexity index is 1300. The van der Waals surface area contributed by atoms with E-state index in [1.807, 2.05) is 42.5 Å². The molecule has 1 fully saturated rings. The minimum absolute atomic E-state index is 0.109. The minimum Gasteiger partial charge on any atom is -0.423 e. The van der Waals surface area contributed by atoms with Crippen LogP contribution in [0.1, 0.15) is 33.5 Å². The van der Waals surface area contributed by atoms with Crippen molar-refractivity contribution < 1.29 is 14.3 Å². The molecule has 0 saturated heterocycles. The van der Waals surface area contributed by atoms with Gasteiger partial charge in [-0.25, -0.2) is 10.2 Å². The summed E-state index contributed by atoms with van der Waals surface area (Å²) in [4.78, 5) is 25.2. The number of hydrogen-bond acceptors (Lipinski definition) is 4. The standard InChI is InChI=1S/C30H24N2O3/c33-28(27-20-30(27,24-12-6-2-7-13-24)25-14-8-3-9-15-25)32-31-21-22-16-18-26(19-17-22)35-29(34)23-10-4-1-5-11-23/h1-19,21,27H,20H2,(H,32,33)/b31-21-/t27-/m0/s1. The zero-order valence-electron chi connectivity index (χ0n) is 19.0. The maximum absolute atomic E-state index is 13.0. The van der Waals surface area contributed by atoms with Crippen molar-refractivity contribution >= 4 is 18.1 Å². The van der Waals surface area contributed by atoms with Gasteiger partial charge < -0.3 is 4.74 Å². The highest BCUT2D eigenvalue weighted by molar-refractivity contribution is 5.91. The summed E-state index contributed by atoms with van der Waals surface area (Å²) in [6, 6.07) is 36.1. The van der Waals surface area contributed by atoms with E-state index in [9.17, 15) is 9.59 Å². The van der Waals surface area contributed by atoms with E-state index in [1.165, 1.54) is 0 Å². The van der Waals surface area contributed by atoms with Gasteiger partial charge in [0.25, 0.3) is 0 Å². The first-order valence-corrected chi connectivity index (χ1v) is 11.5. The Kier molecular flexibility index (Phi) is 6.22. The normalized spacial score (nSPS) is 15.9. The van der Waals surface area contributed by atoms with Gasteiger partial charge in [-0.05, 0) is 59.5 Å². The quantitative estimate of drug-likeness (QED) is 0.175. The first kappa shape index (κ1) is 22.3. The lowest BCUT2D eigenvalue weighted by Crippen LogP contribution is -2.25. The van der Waals surface area contributed by atoms with E-state index >= 15 is 0 Å². The summed E-state index contributed by atoms with van der Waals surface area (Å²) in [5, 5.41) is 4.16. The Labute approximate surface area is 204 Å². The third-order valence-electron chi connectivity index (χ3n) is 6.34. The van der Waals surface area contributed by atoms with Crippen molar-refractivity contribution in [2.75, 3.05) is 0 Å². The summed E-state index contributed by atoms with van der Waals surface area (Å²) in [5.41, 5.74) is 5.91. The fourth-order valence-corrected chi connectivity index (χ4v) is 4.47. The summed E-state index contributed by atoms with van der Waals surface area (Å²) in [7, 11) is 0. The molecule has 1 atom stereocenters. The van der Waals surface area contributed by atoms with Gasteiger partial charge in [-0.1, -0.05) is 78.9 Å². The summed E-state index contributed by atoms with van der Waals surface area (Å²) < 4.78 is 5.39. The van der Waals surface area contributed by atoms with Crippen molar-refractivity contribution in [1.82, 2.24) is 5.43 Å². The van der Waals surface area contributed by atoms with Crippen LogP contribution in [0.5, 0.6) is 5.75 Å². The molecule has 0 spiro atoms. The molecule has 1 amide bonds. The Morgan fingerprint density at radius 2 is 1.31 bits per heavy atom. The lowest BCUT2D eigenvalue weighted by atomic mass is 9.85. The van der Waals surface area contributed by atoms with Crippen LogP contribution in [0, 0.1) is 5.92 Å². The predicted octanol–water partition coefficient (Wildman–Crippen LogP) is 5.36. The highest BCUT2D eigenvalue weighted by atomic mass is 16.5. The SMILES string of the molecule is O=C(Oc1ccc(/C=N\NC(=O)[C@@H]2CC2(c2ccccc2)c2ccccc2)cc1)c1ccccc1. The number of amides is 1. The third kappa shape index (κ3) is 4.75. The average molecular weight is 461 g/mol. The van der Waals surface area contributed by atoms with Gasteiger partial charge in [0, 0.05) is 5.41 Å². The number of nitrogens with zero attached hydrogens (tertiary/aromatic N) is 1. The first-order chi connectivity index (χ1) is 17.2. The molecule has 0 radical (unpaired) electrons. The number of esters is 1. The number of ether oxygens (including phenoxy) is 1. The minimum atomic E-state index is -0.413. The number of carbonyl (C=O) groups is 2. The Hall–Kier alpha value is -4.51. The summed E-state index contributed by atoms with van der Waals surface area (Å²) in [5.74, 6) is -0.274. The summed E-state index contributed by atoms with van der Waals surface area (Å²) >= 11 is 0. The van der Waals surface area contributed by atoms with Crippen LogP contribution in [0.25, 0.3) is 0 Å². The van der Waals surface area contributed by atoms with E-state index in [4.69, 9.17) is 4.74 Å². The molecule has 1 aliphatic rings. The Balaban J connectivity index is 1.22. The van der Waals surface area contributed by atoms with E-state index in [-0.39, 0.29) is 17.2 Å². The van der Waals surface area contributed by atoms with Crippen LogP contribution in [0.4, 0.5) is 0 Å². The first-order valence-electron chi connectivity index (χ1n) is 11.5. The molecule has 0 unspecified atom stereocenters. The second kappa shape index (κ2) is 9.77. The fraction of sp³-hybridized carbons (Fsp3) is 0.100. The van der Waals surface area contributed by atoms with E-state index in [2.05, 4.69) is 34.8 Å². The van der Waals surface area contributed by atoms with Gasteiger partial charge in [0.1, 0.15) is 5.75 Å². The van der Waals surface area contributed by atoms with Crippen molar-refractivity contribution in [1.29, 1.82) is 0 Å². The molecule has 0 heterocycles. The zero-order chi connectivity index (χ0) is 24.1. The lowest BCUT2D eigenvalue weighted by molar-refractivity contribution is -0.122. The lowest BCUT2D eigenvalue weighted by Gasteiger charge is -2.18. The maximum Gasteiger partial charge on any atom is 0.343 e. The van der Waals surface area contributed by atoms with Crippen molar-refractivity contribution in [3.63, 3.8) is 0 Å². The smallest absolute Gasteiger partial charge is 0.343 e. The molecule has 4 aromatic rings. The molecule has 0 aromatic heterocycles. The molecular weight excluding hydrogens is 436 g/mol. The second-order valence-electron chi connectivity index (χ2n) is 8.52. The number of hydrogen-bond donors (Lipinski definition) is 1. The van der Waals surface area contributed by atoms with Crippen LogP contribution in [0.15, 0.2) is 120 Å². The molecule has 1 N–H and O–H groups in total. The molecule has 0 bridgehead atoms. The van der Waals surface area contributed by atoms with Gasteiger partial charge in [-0.15, -0.1) is 0 Å². The van der Waals surface area contributed by atoms with Crippen LogP contribution in [0.3, 0.4) is 0 Å². The molecule has 1 saturated carbocycles. The molecule has 5 rings (SSSR count). The van der Waals surface area contributed by atoms with Gasteiger partial charge >= 0.3 is 5.97 Å². The highest BCUT2D eigenvalue weighted by Crippen LogP contribution is 2.58. The number of rotatable bonds is 7. The molecule has 35 heavy (non-hydrogen) atoms. The predicted molar refractivity (Wildman–Crippen MR) is 135 cm³/mol. The van der Waals surface area contributed by atoms with Crippen LogP contribution in [-0.4, -0.2) is 18.1 Å².